The molecule has 8 nitrogen and oxygen atoms in total. The van der Waals surface area contributed by atoms with Crippen molar-refractivity contribution in [2.24, 2.45) is 4.99 Å². The molecule has 3 atom stereocenters. The second-order valence-electron chi connectivity index (χ2n) is 8.94. The Kier molecular flexibility index (Phi) is 10.5. The lowest BCUT2D eigenvalue weighted by Gasteiger charge is -2.37. The van der Waals surface area contributed by atoms with Crippen molar-refractivity contribution in [2.45, 2.75) is 57.5 Å². The average Bonchev–Trinajstić information content (AvgIpc) is 3.28. The van der Waals surface area contributed by atoms with Crippen molar-refractivity contribution in [1.29, 1.82) is 0 Å². The molecule has 3 unspecified atom stereocenters. The topological polar surface area (TPSA) is 84.4 Å². The summed E-state index contributed by atoms with van der Waals surface area (Å²) in [5.41, 5.74) is 0.440. The van der Waals surface area contributed by atoms with Crippen molar-refractivity contribution in [3.63, 3.8) is 0 Å². The van der Waals surface area contributed by atoms with Gasteiger partial charge in [-0.3, -0.25) is 4.99 Å². The number of amides is 1. The van der Waals surface area contributed by atoms with E-state index in [1.165, 1.54) is 0 Å². The van der Waals surface area contributed by atoms with Gasteiger partial charge in [0.05, 0.1) is 18.8 Å². The first-order valence-corrected chi connectivity index (χ1v) is 11.1. The van der Waals surface area contributed by atoms with Crippen molar-refractivity contribution in [3.05, 3.63) is 35.9 Å². The zero-order valence-electron chi connectivity index (χ0n) is 19.5. The highest BCUT2D eigenvalue weighted by molar-refractivity contribution is 14.0. The Labute approximate surface area is 208 Å². The molecule has 1 aromatic rings. The van der Waals surface area contributed by atoms with E-state index < -0.39 is 11.7 Å². The first-order valence-electron chi connectivity index (χ1n) is 11.1. The summed E-state index contributed by atoms with van der Waals surface area (Å²) in [5, 5.41) is 6.41. The van der Waals surface area contributed by atoms with Gasteiger partial charge < -0.3 is 29.7 Å². The van der Waals surface area contributed by atoms with Crippen LogP contribution in [0.2, 0.25) is 0 Å². The zero-order valence-corrected chi connectivity index (χ0v) is 21.8. The molecule has 0 saturated carbocycles. The van der Waals surface area contributed by atoms with Gasteiger partial charge in [-0.05, 0) is 39.2 Å². The van der Waals surface area contributed by atoms with Gasteiger partial charge in [-0.1, -0.05) is 30.3 Å². The summed E-state index contributed by atoms with van der Waals surface area (Å²) in [6.07, 6.45) is 1.90. The molecule has 2 aliphatic heterocycles. The molecule has 0 bridgehead atoms. The number of nitrogens with zero attached hydrogens (tertiary/aromatic N) is 2. The lowest BCUT2D eigenvalue weighted by Crippen LogP contribution is -2.54. The molecular weight excluding hydrogens is 523 g/mol. The van der Waals surface area contributed by atoms with E-state index in [2.05, 4.69) is 20.5 Å². The molecule has 2 N–H and O–H groups in total. The summed E-state index contributed by atoms with van der Waals surface area (Å²) in [6, 6.07) is 9.61. The fraction of sp³-hybridized carbons (Fsp3) is 0.652. The van der Waals surface area contributed by atoms with Gasteiger partial charge >= 0.3 is 6.09 Å². The monoisotopic (exact) mass is 560 g/mol. The van der Waals surface area contributed by atoms with Crippen LogP contribution in [0.15, 0.2) is 35.3 Å². The maximum Gasteiger partial charge on any atom is 0.408 e. The zero-order chi connectivity index (χ0) is 22.3. The van der Waals surface area contributed by atoms with Gasteiger partial charge in [0.15, 0.2) is 5.96 Å². The first-order chi connectivity index (χ1) is 14.9. The van der Waals surface area contributed by atoms with E-state index in [9.17, 15) is 4.79 Å². The van der Waals surface area contributed by atoms with E-state index in [4.69, 9.17) is 14.2 Å². The second kappa shape index (κ2) is 12.6. The summed E-state index contributed by atoms with van der Waals surface area (Å²) >= 11 is 0. The number of ether oxygens (including phenoxy) is 3. The fourth-order valence-electron chi connectivity index (χ4n) is 3.90. The van der Waals surface area contributed by atoms with Gasteiger partial charge in [-0.15, -0.1) is 24.0 Å². The van der Waals surface area contributed by atoms with Gasteiger partial charge in [0.25, 0.3) is 0 Å². The quantitative estimate of drug-likeness (QED) is 0.327. The number of aliphatic imine (C=N–C) groups is 1. The summed E-state index contributed by atoms with van der Waals surface area (Å²) in [5.74, 6) is 0.790. The van der Waals surface area contributed by atoms with Crippen molar-refractivity contribution in [2.75, 3.05) is 39.9 Å². The molecule has 32 heavy (non-hydrogen) atoms. The van der Waals surface area contributed by atoms with Crippen LogP contribution in [0, 0.1) is 0 Å². The van der Waals surface area contributed by atoms with E-state index in [-0.39, 0.29) is 42.2 Å². The second-order valence-corrected chi connectivity index (χ2v) is 8.94. The third kappa shape index (κ3) is 8.08. The van der Waals surface area contributed by atoms with Crippen LogP contribution in [-0.2, 0) is 14.2 Å². The Morgan fingerprint density at radius 3 is 2.56 bits per heavy atom. The summed E-state index contributed by atoms with van der Waals surface area (Å²) in [4.78, 5) is 19.1. The predicted octanol–water partition coefficient (Wildman–Crippen LogP) is 3.33. The van der Waals surface area contributed by atoms with Crippen molar-refractivity contribution in [1.82, 2.24) is 15.5 Å². The van der Waals surface area contributed by atoms with Crippen LogP contribution in [-0.4, -0.2) is 74.7 Å². The molecule has 9 heteroatoms. The van der Waals surface area contributed by atoms with Crippen molar-refractivity contribution < 1.29 is 19.0 Å². The molecule has 180 valence electrons. The maximum absolute atomic E-state index is 12.4. The summed E-state index contributed by atoms with van der Waals surface area (Å²) < 4.78 is 17.2. The van der Waals surface area contributed by atoms with Gasteiger partial charge in [-0.2, -0.15) is 0 Å². The highest BCUT2D eigenvalue weighted by Crippen LogP contribution is 2.21. The van der Waals surface area contributed by atoms with Gasteiger partial charge in [0.2, 0.25) is 0 Å². The summed E-state index contributed by atoms with van der Waals surface area (Å²) in [6.45, 7) is 9.00. The Balaban J connectivity index is 0.00000363. The lowest BCUT2D eigenvalue weighted by atomic mass is 10.1. The van der Waals surface area contributed by atoms with Crippen LogP contribution >= 0.6 is 24.0 Å². The van der Waals surface area contributed by atoms with E-state index in [0.717, 1.165) is 44.1 Å². The highest BCUT2D eigenvalue weighted by atomic mass is 127. The molecule has 0 aliphatic carbocycles. The predicted molar refractivity (Wildman–Crippen MR) is 136 cm³/mol. The number of hydrogen-bond acceptors (Lipinski definition) is 5. The van der Waals surface area contributed by atoms with Gasteiger partial charge in [-0.25, -0.2) is 4.79 Å². The smallest absolute Gasteiger partial charge is 0.408 e. The molecular formula is C23H37IN4O4. The average molecular weight is 560 g/mol. The van der Waals surface area contributed by atoms with Gasteiger partial charge in [0.1, 0.15) is 11.7 Å². The third-order valence-corrected chi connectivity index (χ3v) is 5.34. The molecule has 2 fully saturated rings. The largest absolute Gasteiger partial charge is 0.444 e. The first kappa shape index (κ1) is 26.7. The Morgan fingerprint density at radius 1 is 1.22 bits per heavy atom. The standard InChI is InChI=1S/C23H36N4O4.HI/c1-23(2,3)31-22(28)26-18(17-9-6-5-7-10-17)15-25-21(24-4)27-12-14-30-20(16-27)19-11-8-13-29-19;/h5-7,9-10,18-20H,8,11-16H2,1-4H3,(H,24,25)(H,26,28);1H. The van der Waals surface area contributed by atoms with E-state index in [1.807, 2.05) is 51.1 Å². The molecule has 2 saturated heterocycles. The van der Waals surface area contributed by atoms with E-state index >= 15 is 0 Å². The highest BCUT2D eigenvalue weighted by Gasteiger charge is 2.32. The number of morpholine rings is 1. The number of halogens is 1. The van der Waals surface area contributed by atoms with Crippen LogP contribution < -0.4 is 10.6 Å². The Morgan fingerprint density at radius 2 is 1.94 bits per heavy atom. The molecule has 2 aliphatic rings. The molecule has 1 aromatic carbocycles. The Bertz CT molecular complexity index is 735. The van der Waals surface area contributed by atoms with Crippen LogP contribution in [0.5, 0.6) is 0 Å². The summed E-state index contributed by atoms with van der Waals surface area (Å²) in [7, 11) is 1.78. The minimum atomic E-state index is -0.556. The van der Waals surface area contributed by atoms with E-state index in [1.54, 1.807) is 7.05 Å². The molecule has 0 aromatic heterocycles. The fourth-order valence-corrected chi connectivity index (χ4v) is 3.90. The number of benzene rings is 1. The number of carbonyl (C=O) groups excluding carboxylic acids is 1. The SMILES string of the molecule is CN=C(NCC(NC(=O)OC(C)(C)C)c1ccccc1)N1CCOC(C2CCCO2)C1.I. The van der Waals surface area contributed by atoms with Crippen LogP contribution in [0.3, 0.4) is 0 Å². The number of alkyl carbamates (subject to hydrolysis) is 1. The molecule has 3 rings (SSSR count). The molecule has 1 amide bonds. The molecule has 2 heterocycles. The number of rotatable bonds is 5. The molecule has 0 spiro atoms. The minimum absolute atomic E-state index is 0. The van der Waals surface area contributed by atoms with Gasteiger partial charge in [0, 0.05) is 33.3 Å². The number of nitrogens with one attached hydrogen (secondary N) is 2. The van der Waals surface area contributed by atoms with Crippen LogP contribution in [0.25, 0.3) is 0 Å². The number of hydrogen-bond donors (Lipinski definition) is 2. The maximum atomic E-state index is 12.4. The molecule has 0 radical (unpaired) electrons. The lowest BCUT2D eigenvalue weighted by molar-refractivity contribution is -0.0817. The normalized spacial score (nSPS) is 22.6. The van der Waals surface area contributed by atoms with Crippen LogP contribution in [0.1, 0.15) is 45.2 Å². The number of carbonyl (C=O) groups is 1. The van der Waals surface area contributed by atoms with Crippen molar-refractivity contribution >= 4 is 36.0 Å². The minimum Gasteiger partial charge on any atom is -0.444 e. The van der Waals surface area contributed by atoms with Crippen molar-refractivity contribution in [3.8, 4) is 0 Å². The number of guanidine groups is 1. The Hall–Kier alpha value is -1.59. The third-order valence-electron chi connectivity index (χ3n) is 5.34. The van der Waals surface area contributed by atoms with E-state index in [0.29, 0.717) is 13.2 Å². The van der Waals surface area contributed by atoms with Crippen LogP contribution in [0.4, 0.5) is 4.79 Å².